The van der Waals surface area contributed by atoms with Gasteiger partial charge in [-0.3, -0.25) is 4.79 Å². The predicted molar refractivity (Wildman–Crippen MR) is 59.4 cm³/mol. The van der Waals surface area contributed by atoms with Gasteiger partial charge in [0, 0.05) is 5.02 Å². The minimum Gasteiger partial charge on any atom is -0.391 e. The molecule has 7 heteroatoms. The Morgan fingerprint density at radius 2 is 2.06 bits per heavy atom. The van der Waals surface area contributed by atoms with Gasteiger partial charge in [-0.2, -0.15) is 13.2 Å². The molecule has 1 unspecified atom stereocenters. The number of alkyl halides is 3. The molecule has 1 aliphatic heterocycles. The van der Waals surface area contributed by atoms with E-state index in [9.17, 15) is 23.1 Å². The summed E-state index contributed by atoms with van der Waals surface area (Å²) in [6, 6.07) is 3.03. The number of rotatable bonds is 1. The molecule has 0 saturated carbocycles. The van der Waals surface area contributed by atoms with Crippen LogP contribution in [0.1, 0.15) is 12.0 Å². The van der Waals surface area contributed by atoms with Crippen LogP contribution in [-0.4, -0.2) is 23.7 Å². The van der Waals surface area contributed by atoms with E-state index in [1.165, 1.54) is 0 Å². The summed E-state index contributed by atoms with van der Waals surface area (Å²) in [5.41, 5.74) is -1.24. The SMILES string of the molecule is O=C1CC(O)CN1c1cc(Cl)ccc1C(F)(F)F. The largest absolute Gasteiger partial charge is 0.418 e. The molecule has 98 valence electrons. The summed E-state index contributed by atoms with van der Waals surface area (Å²) in [6.45, 7) is -0.151. The monoisotopic (exact) mass is 279 g/mol. The van der Waals surface area contributed by atoms with Crippen LogP contribution in [0.5, 0.6) is 0 Å². The number of aliphatic hydroxyl groups is 1. The van der Waals surface area contributed by atoms with Crippen LogP contribution in [-0.2, 0) is 11.0 Å². The second kappa shape index (κ2) is 4.44. The van der Waals surface area contributed by atoms with E-state index in [-0.39, 0.29) is 23.7 Å². The first-order valence-corrected chi connectivity index (χ1v) is 5.52. The lowest BCUT2D eigenvalue weighted by Crippen LogP contribution is -2.28. The Labute approximate surface area is 106 Å². The molecule has 0 radical (unpaired) electrons. The molecule has 0 spiro atoms. The molecule has 18 heavy (non-hydrogen) atoms. The van der Waals surface area contributed by atoms with Gasteiger partial charge in [0.15, 0.2) is 0 Å². The van der Waals surface area contributed by atoms with Crippen LogP contribution >= 0.6 is 11.6 Å². The van der Waals surface area contributed by atoms with Crippen LogP contribution < -0.4 is 4.90 Å². The van der Waals surface area contributed by atoms with E-state index < -0.39 is 23.8 Å². The zero-order valence-corrected chi connectivity index (χ0v) is 9.79. The summed E-state index contributed by atoms with van der Waals surface area (Å²) in [4.78, 5) is 12.4. The number of anilines is 1. The number of benzene rings is 1. The molecule has 1 aromatic carbocycles. The standard InChI is InChI=1S/C11H9ClF3NO2/c12-6-1-2-8(11(13,14)15)9(3-6)16-5-7(17)4-10(16)18/h1-3,7,17H,4-5H2. The molecule has 1 atom stereocenters. The van der Waals surface area contributed by atoms with Crippen LogP contribution in [0.25, 0.3) is 0 Å². The quantitative estimate of drug-likeness (QED) is 0.858. The van der Waals surface area contributed by atoms with Crippen LogP contribution in [0.15, 0.2) is 18.2 Å². The Morgan fingerprint density at radius 1 is 1.39 bits per heavy atom. The number of aliphatic hydroxyl groups excluding tert-OH is 1. The van der Waals surface area contributed by atoms with Gasteiger partial charge < -0.3 is 10.0 Å². The number of carbonyl (C=O) groups is 1. The van der Waals surface area contributed by atoms with Gasteiger partial charge in [0.2, 0.25) is 5.91 Å². The maximum absolute atomic E-state index is 12.8. The second-order valence-electron chi connectivity index (χ2n) is 4.02. The first-order chi connectivity index (χ1) is 8.29. The van der Waals surface area contributed by atoms with E-state index >= 15 is 0 Å². The van der Waals surface area contributed by atoms with Gasteiger partial charge in [0.1, 0.15) is 0 Å². The highest BCUT2D eigenvalue weighted by Crippen LogP contribution is 2.39. The number of nitrogens with zero attached hydrogens (tertiary/aromatic N) is 1. The van der Waals surface area contributed by atoms with Crippen LogP contribution in [0.4, 0.5) is 18.9 Å². The smallest absolute Gasteiger partial charge is 0.391 e. The van der Waals surface area contributed by atoms with E-state index in [2.05, 4.69) is 0 Å². The van der Waals surface area contributed by atoms with Gasteiger partial charge in [-0.1, -0.05) is 11.6 Å². The molecular formula is C11H9ClF3NO2. The molecule has 1 aliphatic rings. The fraction of sp³-hybridized carbons (Fsp3) is 0.364. The first kappa shape index (κ1) is 13.2. The van der Waals surface area contributed by atoms with Gasteiger partial charge in [0.05, 0.1) is 30.3 Å². The number of carbonyl (C=O) groups excluding carboxylic acids is 1. The summed E-state index contributed by atoms with van der Waals surface area (Å²) < 4.78 is 38.4. The van der Waals surface area contributed by atoms with E-state index in [4.69, 9.17) is 11.6 Å². The van der Waals surface area contributed by atoms with Crippen molar-refractivity contribution < 1.29 is 23.1 Å². The van der Waals surface area contributed by atoms with Crippen molar-refractivity contribution in [1.29, 1.82) is 0 Å². The molecule has 0 aliphatic carbocycles. The van der Waals surface area contributed by atoms with Crippen molar-refractivity contribution in [1.82, 2.24) is 0 Å². The summed E-state index contributed by atoms with van der Waals surface area (Å²) in [6.07, 6.45) is -5.70. The third kappa shape index (κ3) is 2.44. The fourth-order valence-electron chi connectivity index (χ4n) is 1.89. The zero-order valence-electron chi connectivity index (χ0n) is 9.04. The maximum atomic E-state index is 12.8. The molecule has 1 fully saturated rings. The fourth-order valence-corrected chi connectivity index (χ4v) is 2.06. The Morgan fingerprint density at radius 3 is 2.56 bits per heavy atom. The van der Waals surface area contributed by atoms with E-state index in [1.807, 2.05) is 0 Å². The molecule has 0 aromatic heterocycles. The number of β-amino-alcohol motifs (C(OH)–C–C–N with tert-alkyl or cyclic N) is 1. The summed E-state index contributed by atoms with van der Waals surface area (Å²) in [5.74, 6) is -0.546. The van der Waals surface area contributed by atoms with Crippen molar-refractivity contribution in [3.63, 3.8) is 0 Å². The lowest BCUT2D eigenvalue weighted by Gasteiger charge is -2.21. The van der Waals surface area contributed by atoms with Gasteiger partial charge in [0.25, 0.3) is 0 Å². The normalized spacial score (nSPS) is 20.6. The Bertz CT molecular complexity index is 490. The van der Waals surface area contributed by atoms with Gasteiger partial charge in [-0.05, 0) is 18.2 Å². The molecule has 1 N–H and O–H groups in total. The lowest BCUT2D eigenvalue weighted by molar-refractivity contribution is -0.137. The molecule has 1 heterocycles. The van der Waals surface area contributed by atoms with Crippen molar-refractivity contribution in [2.24, 2.45) is 0 Å². The highest BCUT2D eigenvalue weighted by molar-refractivity contribution is 6.31. The highest BCUT2D eigenvalue weighted by atomic mass is 35.5. The topological polar surface area (TPSA) is 40.5 Å². The highest BCUT2D eigenvalue weighted by Gasteiger charge is 2.38. The van der Waals surface area contributed by atoms with Crippen LogP contribution in [0.3, 0.4) is 0 Å². The molecule has 1 saturated heterocycles. The third-order valence-electron chi connectivity index (χ3n) is 2.66. The van der Waals surface area contributed by atoms with Crippen molar-refractivity contribution in [3.8, 4) is 0 Å². The van der Waals surface area contributed by atoms with E-state index in [0.717, 1.165) is 23.1 Å². The average Bonchev–Trinajstić information content (AvgIpc) is 2.55. The molecular weight excluding hydrogens is 271 g/mol. The third-order valence-corrected chi connectivity index (χ3v) is 2.90. The predicted octanol–water partition coefficient (Wildman–Crippen LogP) is 2.46. The second-order valence-corrected chi connectivity index (χ2v) is 4.46. The summed E-state index contributed by atoms with van der Waals surface area (Å²) in [5, 5.41) is 9.42. The molecule has 1 aromatic rings. The zero-order chi connectivity index (χ0) is 13.5. The van der Waals surface area contributed by atoms with E-state index in [1.54, 1.807) is 0 Å². The Balaban J connectivity index is 2.49. The Kier molecular flexibility index (Phi) is 3.25. The Hall–Kier alpha value is -1.27. The van der Waals surface area contributed by atoms with Crippen molar-refractivity contribution >= 4 is 23.2 Å². The minimum absolute atomic E-state index is 0.104. The molecule has 0 bridgehead atoms. The van der Waals surface area contributed by atoms with Crippen molar-refractivity contribution in [2.75, 3.05) is 11.4 Å². The number of hydrogen-bond donors (Lipinski definition) is 1. The summed E-state index contributed by atoms with van der Waals surface area (Å²) in [7, 11) is 0. The molecule has 3 nitrogen and oxygen atoms in total. The minimum atomic E-state index is -4.58. The van der Waals surface area contributed by atoms with Crippen molar-refractivity contribution in [3.05, 3.63) is 28.8 Å². The number of hydrogen-bond acceptors (Lipinski definition) is 2. The van der Waals surface area contributed by atoms with Crippen LogP contribution in [0.2, 0.25) is 5.02 Å². The summed E-state index contributed by atoms with van der Waals surface area (Å²) >= 11 is 5.66. The number of halogens is 4. The van der Waals surface area contributed by atoms with Gasteiger partial charge in [-0.15, -0.1) is 0 Å². The number of amides is 1. The van der Waals surface area contributed by atoms with Crippen LogP contribution in [0, 0.1) is 0 Å². The first-order valence-electron chi connectivity index (χ1n) is 5.14. The molecule has 1 amide bonds. The maximum Gasteiger partial charge on any atom is 0.418 e. The van der Waals surface area contributed by atoms with Gasteiger partial charge in [-0.25, -0.2) is 0 Å². The average molecular weight is 280 g/mol. The van der Waals surface area contributed by atoms with Gasteiger partial charge >= 0.3 is 6.18 Å². The lowest BCUT2D eigenvalue weighted by atomic mass is 10.1. The molecule has 2 rings (SSSR count). The van der Waals surface area contributed by atoms with E-state index in [0.29, 0.717) is 0 Å². The van der Waals surface area contributed by atoms with Crippen molar-refractivity contribution in [2.45, 2.75) is 18.7 Å².